The number of benzene rings is 1. The summed E-state index contributed by atoms with van der Waals surface area (Å²) >= 11 is 6.02. The molecule has 0 aliphatic carbocycles. The van der Waals surface area contributed by atoms with Crippen LogP contribution in [0.2, 0.25) is 5.02 Å². The van der Waals surface area contributed by atoms with Crippen molar-refractivity contribution in [3.63, 3.8) is 0 Å². The molecule has 1 heterocycles. The van der Waals surface area contributed by atoms with Crippen LogP contribution < -0.4 is 5.73 Å². The molecule has 1 atom stereocenters. The molecule has 0 radical (unpaired) electrons. The van der Waals surface area contributed by atoms with E-state index in [1.807, 2.05) is 12.1 Å². The molecule has 1 unspecified atom stereocenters. The zero-order valence-corrected chi connectivity index (χ0v) is 12.0. The zero-order valence-electron chi connectivity index (χ0n) is 11.2. The standard InChI is InChI=1S/C14H22ClN3/c1-17-4-3-11(8-17)9-18(2)10-12-5-13(15)7-14(16)6-12/h5-7,11H,3-4,8-10,16H2,1-2H3. The van der Waals surface area contributed by atoms with Gasteiger partial charge in [-0.3, -0.25) is 0 Å². The van der Waals surface area contributed by atoms with E-state index < -0.39 is 0 Å². The highest BCUT2D eigenvalue weighted by atomic mass is 35.5. The number of likely N-dealkylation sites (tertiary alicyclic amines) is 1. The number of nitrogens with two attached hydrogens (primary N) is 1. The van der Waals surface area contributed by atoms with Gasteiger partial charge < -0.3 is 15.5 Å². The second-order valence-electron chi connectivity index (χ2n) is 5.51. The van der Waals surface area contributed by atoms with E-state index in [1.54, 1.807) is 6.07 Å². The monoisotopic (exact) mass is 267 g/mol. The third-order valence-electron chi connectivity index (χ3n) is 3.49. The van der Waals surface area contributed by atoms with Gasteiger partial charge in [0.05, 0.1) is 0 Å². The maximum atomic E-state index is 6.02. The summed E-state index contributed by atoms with van der Waals surface area (Å²) < 4.78 is 0. The molecule has 4 heteroatoms. The van der Waals surface area contributed by atoms with Gasteiger partial charge in [-0.25, -0.2) is 0 Å². The van der Waals surface area contributed by atoms with E-state index in [2.05, 4.69) is 23.9 Å². The summed E-state index contributed by atoms with van der Waals surface area (Å²) in [6.07, 6.45) is 1.30. The number of halogens is 1. The van der Waals surface area contributed by atoms with Gasteiger partial charge in [0.15, 0.2) is 0 Å². The molecule has 0 saturated carbocycles. The first-order chi connectivity index (χ1) is 8.52. The quantitative estimate of drug-likeness (QED) is 0.850. The van der Waals surface area contributed by atoms with Gasteiger partial charge in [0.2, 0.25) is 0 Å². The van der Waals surface area contributed by atoms with Gasteiger partial charge in [-0.2, -0.15) is 0 Å². The number of hydrogen-bond acceptors (Lipinski definition) is 3. The normalized spacial score (nSPS) is 20.8. The van der Waals surface area contributed by atoms with Crippen molar-refractivity contribution >= 4 is 17.3 Å². The van der Waals surface area contributed by atoms with Crippen molar-refractivity contribution in [1.29, 1.82) is 0 Å². The Morgan fingerprint density at radius 2 is 2.22 bits per heavy atom. The minimum atomic E-state index is 0.721. The Bertz CT molecular complexity index is 388. The van der Waals surface area contributed by atoms with Crippen LogP contribution in [0.5, 0.6) is 0 Å². The second kappa shape index (κ2) is 5.91. The molecular formula is C14H22ClN3. The number of anilines is 1. The predicted octanol–water partition coefficient (Wildman–Crippen LogP) is 2.31. The molecule has 0 bridgehead atoms. The highest BCUT2D eigenvalue weighted by Crippen LogP contribution is 2.19. The average Bonchev–Trinajstić information content (AvgIpc) is 2.61. The first-order valence-electron chi connectivity index (χ1n) is 6.45. The Morgan fingerprint density at radius 3 is 2.83 bits per heavy atom. The van der Waals surface area contributed by atoms with E-state index in [1.165, 1.54) is 25.1 Å². The largest absolute Gasteiger partial charge is 0.399 e. The lowest BCUT2D eigenvalue weighted by atomic mass is 10.1. The molecule has 1 aliphatic rings. The van der Waals surface area contributed by atoms with Gasteiger partial charge in [0, 0.05) is 30.3 Å². The smallest absolute Gasteiger partial charge is 0.0429 e. The molecule has 0 amide bonds. The maximum Gasteiger partial charge on any atom is 0.0429 e. The third-order valence-corrected chi connectivity index (χ3v) is 3.71. The second-order valence-corrected chi connectivity index (χ2v) is 5.94. The Labute approximate surface area is 115 Å². The molecule has 1 saturated heterocycles. The first-order valence-corrected chi connectivity index (χ1v) is 6.83. The van der Waals surface area contributed by atoms with Gasteiger partial charge in [0.25, 0.3) is 0 Å². The topological polar surface area (TPSA) is 32.5 Å². The highest BCUT2D eigenvalue weighted by molar-refractivity contribution is 6.30. The Morgan fingerprint density at radius 1 is 1.44 bits per heavy atom. The fourth-order valence-electron chi connectivity index (χ4n) is 2.76. The zero-order chi connectivity index (χ0) is 13.1. The van der Waals surface area contributed by atoms with E-state index in [9.17, 15) is 0 Å². The molecule has 1 aliphatic heterocycles. The van der Waals surface area contributed by atoms with Crippen molar-refractivity contribution in [1.82, 2.24) is 9.80 Å². The fourth-order valence-corrected chi connectivity index (χ4v) is 3.03. The highest BCUT2D eigenvalue weighted by Gasteiger charge is 2.20. The molecule has 3 nitrogen and oxygen atoms in total. The van der Waals surface area contributed by atoms with Crippen LogP contribution in [0.4, 0.5) is 5.69 Å². The summed E-state index contributed by atoms with van der Waals surface area (Å²) in [4.78, 5) is 4.75. The van der Waals surface area contributed by atoms with Gasteiger partial charge in [-0.05, 0) is 56.7 Å². The Hall–Kier alpha value is -0.770. The molecule has 2 N–H and O–H groups in total. The minimum Gasteiger partial charge on any atom is -0.399 e. The number of rotatable bonds is 4. The van der Waals surface area contributed by atoms with Crippen LogP contribution in [-0.2, 0) is 6.54 Å². The van der Waals surface area contributed by atoms with Crippen LogP contribution in [0, 0.1) is 5.92 Å². The minimum absolute atomic E-state index is 0.721. The lowest BCUT2D eigenvalue weighted by molar-refractivity contribution is 0.267. The Balaban J connectivity index is 1.88. The maximum absolute atomic E-state index is 6.02. The molecule has 100 valence electrons. The van der Waals surface area contributed by atoms with E-state index in [0.717, 1.165) is 29.7 Å². The summed E-state index contributed by atoms with van der Waals surface area (Å²) in [5.41, 5.74) is 7.74. The number of nitrogens with zero attached hydrogens (tertiary/aromatic N) is 2. The van der Waals surface area contributed by atoms with Crippen molar-refractivity contribution in [2.24, 2.45) is 5.92 Å². The number of nitrogen functional groups attached to an aromatic ring is 1. The van der Waals surface area contributed by atoms with Gasteiger partial charge in [0.1, 0.15) is 0 Å². The lowest BCUT2D eigenvalue weighted by Gasteiger charge is -2.21. The van der Waals surface area contributed by atoms with Crippen molar-refractivity contribution < 1.29 is 0 Å². The van der Waals surface area contributed by atoms with Crippen LogP contribution in [-0.4, -0.2) is 43.5 Å². The molecule has 0 aromatic heterocycles. The van der Waals surface area contributed by atoms with Crippen LogP contribution in [0.15, 0.2) is 18.2 Å². The van der Waals surface area contributed by atoms with Crippen LogP contribution in [0.3, 0.4) is 0 Å². The molecule has 2 rings (SSSR count). The molecule has 18 heavy (non-hydrogen) atoms. The van der Waals surface area contributed by atoms with Crippen molar-refractivity contribution in [2.45, 2.75) is 13.0 Å². The lowest BCUT2D eigenvalue weighted by Crippen LogP contribution is -2.27. The summed E-state index contributed by atoms with van der Waals surface area (Å²) in [6, 6.07) is 5.79. The van der Waals surface area contributed by atoms with E-state index in [-0.39, 0.29) is 0 Å². The van der Waals surface area contributed by atoms with Crippen LogP contribution in [0.1, 0.15) is 12.0 Å². The van der Waals surface area contributed by atoms with Crippen molar-refractivity contribution in [3.8, 4) is 0 Å². The SMILES string of the molecule is CN1CCC(CN(C)Cc2cc(N)cc(Cl)c2)C1. The van der Waals surface area contributed by atoms with Crippen LogP contribution in [0.25, 0.3) is 0 Å². The average molecular weight is 268 g/mol. The summed E-state index contributed by atoms with van der Waals surface area (Å²) in [6.45, 7) is 4.48. The first kappa shape index (κ1) is 13.7. The van der Waals surface area contributed by atoms with Gasteiger partial charge >= 0.3 is 0 Å². The molecule has 1 aromatic rings. The van der Waals surface area contributed by atoms with Crippen molar-refractivity contribution in [3.05, 3.63) is 28.8 Å². The summed E-state index contributed by atoms with van der Waals surface area (Å²) in [5.74, 6) is 0.788. The molecule has 0 spiro atoms. The van der Waals surface area contributed by atoms with E-state index in [4.69, 9.17) is 17.3 Å². The van der Waals surface area contributed by atoms with E-state index >= 15 is 0 Å². The predicted molar refractivity (Wildman–Crippen MR) is 77.8 cm³/mol. The molecular weight excluding hydrogens is 246 g/mol. The van der Waals surface area contributed by atoms with Gasteiger partial charge in [-0.1, -0.05) is 11.6 Å². The fraction of sp³-hybridized carbons (Fsp3) is 0.571. The summed E-state index contributed by atoms with van der Waals surface area (Å²) in [7, 11) is 4.35. The summed E-state index contributed by atoms with van der Waals surface area (Å²) in [5, 5.41) is 0.721. The van der Waals surface area contributed by atoms with Crippen LogP contribution >= 0.6 is 11.6 Å². The van der Waals surface area contributed by atoms with Crippen molar-refractivity contribution in [2.75, 3.05) is 39.5 Å². The molecule has 1 aromatic carbocycles. The van der Waals surface area contributed by atoms with E-state index in [0.29, 0.717) is 0 Å². The number of hydrogen-bond donors (Lipinski definition) is 1. The third kappa shape index (κ3) is 3.87. The Kier molecular flexibility index (Phi) is 4.49. The molecule has 1 fully saturated rings. The van der Waals surface area contributed by atoms with Gasteiger partial charge in [-0.15, -0.1) is 0 Å².